The minimum absolute atomic E-state index is 0.0754. The van der Waals surface area contributed by atoms with Crippen LogP contribution in [0.15, 0.2) is 111 Å². The Balaban J connectivity index is 0.000000161. The molecule has 2 N–H and O–H groups in total. The second kappa shape index (κ2) is 15.3. The minimum Gasteiger partial charge on any atom is -0.423 e. The van der Waals surface area contributed by atoms with Crippen molar-refractivity contribution < 1.29 is 10.0 Å². The van der Waals surface area contributed by atoms with Gasteiger partial charge >= 0.3 is 7.12 Å². The van der Waals surface area contributed by atoms with Crippen LogP contribution in [0.5, 0.6) is 0 Å². The number of nitrogens with zero attached hydrogens (tertiary/aromatic N) is 4. The third-order valence-corrected chi connectivity index (χ3v) is 7.60. The van der Waals surface area contributed by atoms with Gasteiger partial charge in [-0.1, -0.05) is 71.7 Å². The fourth-order valence-electron chi connectivity index (χ4n) is 4.41. The second-order valence-corrected chi connectivity index (χ2v) is 11.0. The first kappa shape index (κ1) is 33.1. The van der Waals surface area contributed by atoms with Crippen molar-refractivity contribution in [1.29, 1.82) is 0 Å². The molecule has 8 nitrogen and oxygen atoms in total. The van der Waals surface area contributed by atoms with Gasteiger partial charge in [0.2, 0.25) is 0 Å². The van der Waals surface area contributed by atoms with Crippen molar-refractivity contribution >= 4 is 73.8 Å². The predicted molar refractivity (Wildman–Crippen MR) is 183 cm³/mol. The van der Waals surface area contributed by atoms with Crippen LogP contribution in [0.1, 0.15) is 13.8 Å². The maximum atomic E-state index is 12.6. The maximum Gasteiger partial charge on any atom is 0.488 e. The molecule has 6 rings (SSSR count). The lowest BCUT2D eigenvalue weighted by molar-refractivity contribution is 0.426. The first-order valence-electron chi connectivity index (χ1n) is 13.7. The molecule has 0 bridgehead atoms. The van der Waals surface area contributed by atoms with Crippen LogP contribution < -0.4 is 16.6 Å². The highest BCUT2D eigenvalue weighted by molar-refractivity contribution is 9.10. The van der Waals surface area contributed by atoms with E-state index in [1.165, 1.54) is 0 Å². The summed E-state index contributed by atoms with van der Waals surface area (Å²) in [6.45, 7) is 5.17. The number of aromatic nitrogens is 4. The monoisotopic (exact) mass is 692 g/mol. The van der Waals surface area contributed by atoms with Crippen LogP contribution in [-0.4, -0.2) is 36.3 Å². The Morgan fingerprint density at radius 3 is 1.64 bits per heavy atom. The summed E-state index contributed by atoms with van der Waals surface area (Å²) in [5.74, 6) is 0. The first-order valence-corrected chi connectivity index (χ1v) is 15.2. The number of hydrogen-bond donors (Lipinski definition) is 2. The fraction of sp³-hybridized carbons (Fsp3) is 0.125. The second-order valence-electron chi connectivity index (χ2n) is 9.37. The van der Waals surface area contributed by atoms with Crippen molar-refractivity contribution in [3.05, 3.63) is 132 Å². The Morgan fingerprint density at radius 1 is 0.682 bits per heavy atom. The van der Waals surface area contributed by atoms with Crippen molar-refractivity contribution in [2.75, 3.05) is 0 Å². The van der Waals surface area contributed by atoms with Gasteiger partial charge in [0.05, 0.1) is 22.1 Å². The van der Waals surface area contributed by atoms with Crippen LogP contribution in [0, 0.1) is 0 Å². The third-order valence-electron chi connectivity index (χ3n) is 6.58. The van der Waals surface area contributed by atoms with Crippen LogP contribution in [-0.2, 0) is 13.1 Å². The fourth-order valence-corrected chi connectivity index (χ4v) is 5.07. The average Bonchev–Trinajstić information content (AvgIpc) is 3.03. The van der Waals surface area contributed by atoms with Gasteiger partial charge in [-0.25, -0.2) is 9.97 Å². The smallest absolute Gasteiger partial charge is 0.423 e. The summed E-state index contributed by atoms with van der Waals surface area (Å²) in [7, 11) is -1.41. The van der Waals surface area contributed by atoms with Crippen LogP contribution in [0.3, 0.4) is 0 Å². The summed E-state index contributed by atoms with van der Waals surface area (Å²) in [6.07, 6.45) is 0. The van der Waals surface area contributed by atoms with E-state index >= 15 is 0 Å². The number of fused-ring (bicyclic) bond motifs is 2. The molecule has 224 valence electrons. The molecule has 0 radical (unpaired) electrons. The lowest BCUT2D eigenvalue weighted by Gasteiger charge is -2.10. The van der Waals surface area contributed by atoms with E-state index in [1.54, 1.807) is 45.5 Å². The van der Waals surface area contributed by atoms with Gasteiger partial charge in [0.15, 0.2) is 4.60 Å². The lowest BCUT2D eigenvalue weighted by atomic mass is 9.81. The average molecular weight is 694 g/mol. The number of aryl methyl sites for hydroxylation is 2. The van der Waals surface area contributed by atoms with E-state index in [0.717, 1.165) is 27.6 Å². The molecule has 12 heteroatoms. The molecular weight excluding hydrogens is 666 g/mol. The van der Waals surface area contributed by atoms with E-state index in [2.05, 4.69) is 25.9 Å². The van der Waals surface area contributed by atoms with Crippen molar-refractivity contribution in [3.8, 4) is 11.3 Å². The van der Waals surface area contributed by atoms with E-state index in [1.807, 2.05) is 74.5 Å². The van der Waals surface area contributed by atoms with Crippen LogP contribution in [0.2, 0.25) is 10.0 Å². The van der Waals surface area contributed by atoms with Gasteiger partial charge in [-0.2, -0.15) is 0 Å². The van der Waals surface area contributed by atoms with Gasteiger partial charge < -0.3 is 19.2 Å². The molecule has 0 aliphatic heterocycles. The Hall–Kier alpha value is -3.80. The topological polar surface area (TPSA) is 110 Å². The van der Waals surface area contributed by atoms with Crippen LogP contribution in [0.4, 0.5) is 0 Å². The molecule has 0 aliphatic carbocycles. The standard InChI is InChI=1S/C16H13ClN2O.C10H9BrN2O.C6H6BClO2/c1-2-19-14-6-4-3-5-13(14)18-15(16(19)20)11-7-9-12(17)10-8-11;1-2-13-8-6-4-3-5-7(8)12-9(11)10(13)14;8-6-3-1-5(2-4-6)7(9)10/h3-10H,2H2,1H3;3-6H,2H2,1H3;1-4,9-10H. The number of para-hydroxylation sites is 4. The predicted octanol–water partition coefficient (Wildman–Crippen LogP) is 5.94. The van der Waals surface area contributed by atoms with Gasteiger partial charge in [-0.15, -0.1) is 0 Å². The van der Waals surface area contributed by atoms with Crippen LogP contribution in [0.25, 0.3) is 33.3 Å². The number of rotatable bonds is 4. The molecule has 0 unspecified atom stereocenters. The Labute approximate surface area is 272 Å². The highest BCUT2D eigenvalue weighted by atomic mass is 79.9. The zero-order chi connectivity index (χ0) is 31.8. The van der Waals surface area contributed by atoms with Gasteiger partial charge in [-0.05, 0) is 83.8 Å². The maximum absolute atomic E-state index is 12.6. The Bertz CT molecular complexity index is 2000. The molecule has 0 atom stereocenters. The molecule has 0 spiro atoms. The molecule has 0 saturated carbocycles. The van der Waals surface area contributed by atoms with Gasteiger partial charge in [0.25, 0.3) is 11.1 Å². The van der Waals surface area contributed by atoms with E-state index in [9.17, 15) is 9.59 Å². The first-order chi connectivity index (χ1) is 21.1. The molecule has 0 saturated heterocycles. The molecule has 0 fully saturated rings. The number of halogens is 3. The molecule has 0 aliphatic rings. The molecule has 6 aromatic rings. The largest absolute Gasteiger partial charge is 0.488 e. The Kier molecular flexibility index (Phi) is 11.5. The summed E-state index contributed by atoms with van der Waals surface area (Å²) < 4.78 is 3.82. The zero-order valence-corrected chi connectivity index (χ0v) is 27.0. The highest BCUT2D eigenvalue weighted by Crippen LogP contribution is 2.20. The zero-order valence-electron chi connectivity index (χ0n) is 23.9. The van der Waals surface area contributed by atoms with E-state index in [0.29, 0.717) is 38.9 Å². The highest BCUT2D eigenvalue weighted by Gasteiger charge is 2.12. The van der Waals surface area contributed by atoms with E-state index < -0.39 is 7.12 Å². The van der Waals surface area contributed by atoms with Crippen molar-refractivity contribution in [1.82, 2.24) is 19.1 Å². The molecule has 2 heterocycles. The van der Waals surface area contributed by atoms with Crippen molar-refractivity contribution in [3.63, 3.8) is 0 Å². The van der Waals surface area contributed by atoms with Crippen molar-refractivity contribution in [2.45, 2.75) is 26.9 Å². The summed E-state index contributed by atoms with van der Waals surface area (Å²) in [6, 6.07) is 28.8. The van der Waals surface area contributed by atoms with Gasteiger partial charge in [0.1, 0.15) is 5.69 Å². The normalized spacial score (nSPS) is 10.5. The lowest BCUT2D eigenvalue weighted by Crippen LogP contribution is -2.29. The third kappa shape index (κ3) is 7.83. The molecule has 4 aromatic carbocycles. The van der Waals surface area contributed by atoms with Gasteiger partial charge in [0, 0.05) is 28.7 Å². The van der Waals surface area contributed by atoms with Gasteiger partial charge in [-0.3, -0.25) is 9.59 Å². The quantitative estimate of drug-likeness (QED) is 0.222. The number of hydrogen-bond acceptors (Lipinski definition) is 6. The van der Waals surface area contributed by atoms with E-state index in [-0.39, 0.29) is 11.1 Å². The molecule has 2 aromatic heterocycles. The molecule has 0 amide bonds. The van der Waals surface area contributed by atoms with Crippen LogP contribution >= 0.6 is 39.1 Å². The van der Waals surface area contributed by atoms with E-state index in [4.69, 9.17) is 33.2 Å². The summed E-state index contributed by atoms with van der Waals surface area (Å²) in [5.41, 5.74) is 4.93. The van der Waals surface area contributed by atoms with Crippen molar-refractivity contribution in [2.24, 2.45) is 0 Å². The molecular formula is C32H28BBrCl2N4O4. The Morgan fingerprint density at radius 2 is 1.14 bits per heavy atom. The minimum atomic E-state index is -1.41. The number of benzene rings is 4. The summed E-state index contributed by atoms with van der Waals surface area (Å²) >= 11 is 14.6. The summed E-state index contributed by atoms with van der Waals surface area (Å²) in [4.78, 5) is 32.9. The molecule has 44 heavy (non-hydrogen) atoms. The SMILES string of the molecule is CCn1c(=O)c(-c2ccc(Cl)cc2)nc2ccccc21.CCn1c(=O)c(Br)nc2ccccc21.OB(O)c1ccc(Cl)cc1. The summed E-state index contributed by atoms with van der Waals surface area (Å²) in [5, 5.41) is 18.5.